The number of benzene rings is 1. The van der Waals surface area contributed by atoms with E-state index in [0.717, 1.165) is 35.6 Å². The van der Waals surface area contributed by atoms with Crippen LogP contribution in [0.4, 0.5) is 5.82 Å². The van der Waals surface area contributed by atoms with Crippen molar-refractivity contribution in [1.82, 2.24) is 14.9 Å². The first-order valence-corrected chi connectivity index (χ1v) is 8.92. The third-order valence-corrected chi connectivity index (χ3v) is 4.95. The number of piperazine rings is 1. The van der Waals surface area contributed by atoms with Crippen molar-refractivity contribution in [2.24, 2.45) is 0 Å². The van der Waals surface area contributed by atoms with E-state index in [1.165, 1.54) is 0 Å². The lowest BCUT2D eigenvalue weighted by atomic mass is 10.2. The van der Waals surface area contributed by atoms with Gasteiger partial charge in [0.2, 0.25) is 0 Å². The van der Waals surface area contributed by atoms with Gasteiger partial charge in [-0.05, 0) is 38.1 Å². The van der Waals surface area contributed by atoms with Crippen molar-refractivity contribution < 1.29 is 9.21 Å². The number of carbonyl (C=O) groups is 1. The van der Waals surface area contributed by atoms with Crippen LogP contribution < -0.4 is 4.90 Å². The first kappa shape index (κ1) is 16.8. The summed E-state index contributed by atoms with van der Waals surface area (Å²) in [5.41, 5.74) is 1.48. The van der Waals surface area contributed by atoms with Crippen LogP contribution in [0.5, 0.6) is 0 Å². The molecular formula is C19H19ClN4O2. The molecule has 134 valence electrons. The smallest absolute Gasteiger partial charge is 0.257 e. The van der Waals surface area contributed by atoms with Crippen molar-refractivity contribution >= 4 is 34.2 Å². The van der Waals surface area contributed by atoms with Gasteiger partial charge in [-0.3, -0.25) is 4.79 Å². The lowest BCUT2D eigenvalue weighted by molar-refractivity contribution is 0.0745. The van der Waals surface area contributed by atoms with Gasteiger partial charge in [0.15, 0.2) is 0 Å². The summed E-state index contributed by atoms with van der Waals surface area (Å²) in [6.45, 7) is 6.40. The van der Waals surface area contributed by atoms with Crippen LogP contribution in [-0.4, -0.2) is 47.0 Å². The molecule has 0 unspecified atom stereocenters. The van der Waals surface area contributed by atoms with Crippen molar-refractivity contribution in [2.75, 3.05) is 31.1 Å². The van der Waals surface area contributed by atoms with Gasteiger partial charge in [-0.15, -0.1) is 0 Å². The molecule has 1 amide bonds. The summed E-state index contributed by atoms with van der Waals surface area (Å²) in [6, 6.07) is 7.44. The Kier molecular flexibility index (Phi) is 4.28. The summed E-state index contributed by atoms with van der Waals surface area (Å²) >= 11 is 6.06. The molecule has 0 atom stereocenters. The topological polar surface area (TPSA) is 62.5 Å². The van der Waals surface area contributed by atoms with E-state index in [2.05, 4.69) is 14.9 Å². The summed E-state index contributed by atoms with van der Waals surface area (Å²) in [6.07, 6.45) is 1.56. The normalized spacial score (nSPS) is 14.9. The van der Waals surface area contributed by atoms with E-state index in [-0.39, 0.29) is 5.91 Å². The zero-order valence-corrected chi connectivity index (χ0v) is 15.5. The number of carbonyl (C=O) groups excluding carboxylic acids is 1. The summed E-state index contributed by atoms with van der Waals surface area (Å²) in [4.78, 5) is 25.5. The van der Waals surface area contributed by atoms with Crippen LogP contribution in [0.25, 0.3) is 10.9 Å². The number of furan rings is 1. The number of amides is 1. The minimum atomic E-state index is 0.0262. The van der Waals surface area contributed by atoms with Gasteiger partial charge in [-0.1, -0.05) is 11.6 Å². The Balaban J connectivity index is 1.52. The van der Waals surface area contributed by atoms with E-state index in [4.69, 9.17) is 16.0 Å². The molecule has 0 bridgehead atoms. The lowest BCUT2D eigenvalue weighted by Crippen LogP contribution is -2.49. The van der Waals surface area contributed by atoms with E-state index in [9.17, 15) is 4.79 Å². The fourth-order valence-corrected chi connectivity index (χ4v) is 3.57. The minimum Gasteiger partial charge on any atom is -0.466 e. The van der Waals surface area contributed by atoms with Gasteiger partial charge in [-0.2, -0.15) is 0 Å². The van der Waals surface area contributed by atoms with Crippen molar-refractivity contribution in [2.45, 2.75) is 13.8 Å². The second-order valence-electron chi connectivity index (χ2n) is 6.46. The van der Waals surface area contributed by atoms with Crippen molar-refractivity contribution in [1.29, 1.82) is 0 Å². The van der Waals surface area contributed by atoms with Gasteiger partial charge >= 0.3 is 0 Å². The zero-order chi connectivity index (χ0) is 18.3. The SMILES string of the molecule is Cc1cc(C(=O)N2CCN(c3ncnc4cc(Cl)ccc34)CC2)c(C)o1. The second-order valence-corrected chi connectivity index (χ2v) is 6.90. The Bertz CT molecular complexity index is 977. The van der Waals surface area contributed by atoms with Gasteiger partial charge in [0.05, 0.1) is 11.1 Å². The molecule has 0 N–H and O–H groups in total. The molecule has 1 aromatic carbocycles. The van der Waals surface area contributed by atoms with E-state index < -0.39 is 0 Å². The average Bonchev–Trinajstić information content (AvgIpc) is 2.98. The highest BCUT2D eigenvalue weighted by Crippen LogP contribution is 2.26. The van der Waals surface area contributed by atoms with Gasteiger partial charge in [-0.25, -0.2) is 9.97 Å². The lowest BCUT2D eigenvalue weighted by Gasteiger charge is -2.35. The van der Waals surface area contributed by atoms with Gasteiger partial charge in [0, 0.05) is 36.6 Å². The third kappa shape index (κ3) is 3.01. The second kappa shape index (κ2) is 6.61. The van der Waals surface area contributed by atoms with Crippen LogP contribution in [-0.2, 0) is 0 Å². The molecule has 1 saturated heterocycles. The molecule has 1 fully saturated rings. The van der Waals surface area contributed by atoms with Gasteiger partial charge < -0.3 is 14.2 Å². The molecule has 0 spiro atoms. The first-order valence-electron chi connectivity index (χ1n) is 8.54. The maximum absolute atomic E-state index is 12.7. The average molecular weight is 371 g/mol. The number of hydrogen-bond donors (Lipinski definition) is 0. The number of halogens is 1. The number of hydrogen-bond acceptors (Lipinski definition) is 5. The molecule has 3 heterocycles. The highest BCUT2D eigenvalue weighted by molar-refractivity contribution is 6.31. The van der Waals surface area contributed by atoms with Crippen LogP contribution in [0.3, 0.4) is 0 Å². The van der Waals surface area contributed by atoms with Crippen molar-refractivity contribution in [3.63, 3.8) is 0 Å². The molecule has 0 aliphatic carbocycles. The molecular weight excluding hydrogens is 352 g/mol. The molecule has 6 nitrogen and oxygen atoms in total. The standard InChI is InChI=1S/C19H19ClN4O2/c1-12-9-16(13(2)26-12)19(25)24-7-5-23(6-8-24)18-15-4-3-14(20)10-17(15)21-11-22-18/h3-4,9-11H,5-8H2,1-2H3. The van der Waals surface area contributed by atoms with Crippen LogP contribution >= 0.6 is 11.6 Å². The number of aryl methyl sites for hydroxylation is 2. The molecule has 7 heteroatoms. The maximum Gasteiger partial charge on any atom is 0.257 e. The Labute approximate surface area is 156 Å². The minimum absolute atomic E-state index is 0.0262. The van der Waals surface area contributed by atoms with E-state index in [0.29, 0.717) is 29.4 Å². The third-order valence-electron chi connectivity index (χ3n) is 4.72. The molecule has 1 aliphatic rings. The Hall–Kier alpha value is -2.60. The predicted octanol–water partition coefficient (Wildman–Crippen LogP) is 3.46. The highest BCUT2D eigenvalue weighted by Gasteiger charge is 2.26. The van der Waals surface area contributed by atoms with E-state index in [1.807, 2.05) is 43.0 Å². The van der Waals surface area contributed by atoms with Crippen LogP contribution in [0, 0.1) is 13.8 Å². The van der Waals surface area contributed by atoms with E-state index in [1.54, 1.807) is 6.33 Å². The van der Waals surface area contributed by atoms with Crippen LogP contribution in [0.1, 0.15) is 21.9 Å². The molecule has 2 aromatic heterocycles. The van der Waals surface area contributed by atoms with Gasteiger partial charge in [0.25, 0.3) is 5.91 Å². The molecule has 1 aliphatic heterocycles. The zero-order valence-electron chi connectivity index (χ0n) is 14.7. The number of aromatic nitrogens is 2. The van der Waals surface area contributed by atoms with Crippen molar-refractivity contribution in [3.05, 3.63) is 52.7 Å². The Morgan fingerprint density at radius 1 is 1.12 bits per heavy atom. The van der Waals surface area contributed by atoms with Gasteiger partial charge in [0.1, 0.15) is 23.7 Å². The van der Waals surface area contributed by atoms with Crippen molar-refractivity contribution in [3.8, 4) is 0 Å². The Morgan fingerprint density at radius 2 is 1.88 bits per heavy atom. The Morgan fingerprint density at radius 3 is 2.58 bits per heavy atom. The number of anilines is 1. The molecule has 26 heavy (non-hydrogen) atoms. The predicted molar refractivity (Wildman–Crippen MR) is 101 cm³/mol. The fraction of sp³-hybridized carbons (Fsp3) is 0.316. The number of nitrogens with zero attached hydrogens (tertiary/aromatic N) is 4. The number of fused-ring (bicyclic) bond motifs is 1. The monoisotopic (exact) mass is 370 g/mol. The molecule has 3 aromatic rings. The fourth-order valence-electron chi connectivity index (χ4n) is 3.40. The quantitative estimate of drug-likeness (QED) is 0.691. The number of rotatable bonds is 2. The maximum atomic E-state index is 12.7. The van der Waals surface area contributed by atoms with E-state index >= 15 is 0 Å². The summed E-state index contributed by atoms with van der Waals surface area (Å²) in [5, 5.41) is 1.63. The van der Waals surface area contributed by atoms with Crippen LogP contribution in [0.2, 0.25) is 5.02 Å². The molecule has 0 saturated carbocycles. The summed E-state index contributed by atoms with van der Waals surface area (Å²) in [7, 11) is 0. The first-order chi connectivity index (χ1) is 12.5. The highest BCUT2D eigenvalue weighted by atomic mass is 35.5. The largest absolute Gasteiger partial charge is 0.466 e. The summed E-state index contributed by atoms with van der Waals surface area (Å²) in [5.74, 6) is 2.34. The molecule has 4 rings (SSSR count). The van der Waals surface area contributed by atoms with Crippen LogP contribution in [0.15, 0.2) is 35.0 Å². The summed E-state index contributed by atoms with van der Waals surface area (Å²) < 4.78 is 5.49. The molecule has 0 radical (unpaired) electrons.